The van der Waals surface area contributed by atoms with E-state index in [1.807, 2.05) is 0 Å². The second kappa shape index (κ2) is 3.69. The molecule has 0 saturated heterocycles. The van der Waals surface area contributed by atoms with E-state index >= 15 is 0 Å². The van der Waals surface area contributed by atoms with Crippen molar-refractivity contribution in [2.75, 3.05) is 0 Å². The van der Waals surface area contributed by atoms with Crippen LogP contribution in [-0.2, 0) is 15.2 Å². The predicted octanol–water partition coefficient (Wildman–Crippen LogP) is -0.914. The third-order valence-electron chi connectivity index (χ3n) is 2.01. The molecule has 0 bridgehead atoms. The van der Waals surface area contributed by atoms with E-state index in [1.165, 1.54) is 0 Å². The molecule has 1 aliphatic rings. The Kier molecular flexibility index (Phi) is 3.05. The zero-order valence-electron chi connectivity index (χ0n) is 6.73. The Hall–Kier alpha value is -0.170. The summed E-state index contributed by atoms with van der Waals surface area (Å²) < 4.78 is 25.0. The van der Waals surface area contributed by atoms with E-state index in [0.717, 1.165) is 19.3 Å². The van der Waals surface area contributed by atoms with Gasteiger partial charge in [-0.3, -0.25) is 4.18 Å². The molecule has 0 aromatic heterocycles. The molecule has 1 aliphatic carbocycles. The van der Waals surface area contributed by atoms with Crippen molar-refractivity contribution in [3.8, 4) is 0 Å². The van der Waals surface area contributed by atoms with E-state index in [-0.39, 0.29) is 6.10 Å². The topological polar surface area (TPSA) is 95.4 Å². The predicted molar refractivity (Wildman–Crippen MR) is 44.8 cm³/mol. The van der Waals surface area contributed by atoms with Crippen LogP contribution in [0, 0.1) is 0 Å². The molecule has 12 heavy (non-hydrogen) atoms. The molecule has 5 nitrogen and oxygen atoms in total. The smallest absolute Gasteiger partial charge is 0.257 e. The molecule has 1 atom stereocenters. The van der Waals surface area contributed by atoms with Crippen molar-refractivity contribution in [1.82, 2.24) is 0 Å². The van der Waals surface area contributed by atoms with Gasteiger partial charge in [0.15, 0.2) is 0 Å². The fourth-order valence-corrected chi connectivity index (χ4v) is 1.92. The molecule has 1 unspecified atom stereocenters. The number of thiol groups is 1. The minimum atomic E-state index is -2.78. The van der Waals surface area contributed by atoms with Crippen molar-refractivity contribution in [2.24, 2.45) is 11.5 Å². The fraction of sp³-hybridized carbons (Fsp3) is 1.00. The molecular weight excluding hydrogens is 180 g/mol. The summed E-state index contributed by atoms with van der Waals surface area (Å²) in [5.41, 5.74) is 10.5. The fourth-order valence-electron chi connectivity index (χ4n) is 1.50. The van der Waals surface area contributed by atoms with Crippen molar-refractivity contribution in [2.45, 2.75) is 37.5 Å². The first-order chi connectivity index (χ1) is 5.49. The first-order valence-electron chi connectivity index (χ1n) is 3.88. The summed E-state index contributed by atoms with van der Waals surface area (Å²) in [4.78, 5) is 0. The van der Waals surface area contributed by atoms with Crippen molar-refractivity contribution in [3.63, 3.8) is 0 Å². The van der Waals surface area contributed by atoms with E-state index in [0.29, 0.717) is 6.42 Å². The second-order valence-corrected chi connectivity index (χ2v) is 3.94. The van der Waals surface area contributed by atoms with Gasteiger partial charge in [-0.25, -0.2) is 8.42 Å². The minimum Gasteiger partial charge on any atom is -0.313 e. The molecule has 0 aromatic carbocycles. The highest BCUT2D eigenvalue weighted by atomic mass is 32.2. The molecule has 1 rings (SSSR count). The van der Waals surface area contributed by atoms with Gasteiger partial charge < -0.3 is 11.5 Å². The Morgan fingerprint density at radius 1 is 1.42 bits per heavy atom. The lowest BCUT2D eigenvalue weighted by Gasteiger charge is -2.33. The molecule has 1 fully saturated rings. The molecule has 0 radical (unpaired) electrons. The molecule has 0 amide bonds. The number of hydrogen-bond donors (Lipinski definition) is 3. The molecule has 72 valence electrons. The van der Waals surface area contributed by atoms with Gasteiger partial charge in [0.2, 0.25) is 0 Å². The lowest BCUT2D eigenvalue weighted by atomic mass is 9.89. The highest BCUT2D eigenvalue weighted by Crippen LogP contribution is 2.24. The van der Waals surface area contributed by atoms with Crippen LogP contribution in [0.4, 0.5) is 0 Å². The first kappa shape index (κ1) is 9.91. The Labute approximate surface area is 73.2 Å². The third kappa shape index (κ3) is 3.06. The zero-order chi connectivity index (χ0) is 9.19. The second-order valence-electron chi connectivity index (χ2n) is 3.28. The van der Waals surface area contributed by atoms with Crippen LogP contribution in [0.15, 0.2) is 0 Å². The van der Waals surface area contributed by atoms with E-state index in [1.54, 1.807) is 0 Å². The van der Waals surface area contributed by atoms with Crippen LogP contribution >= 0.6 is 0 Å². The molecular formula is C6H14N2O3S. The van der Waals surface area contributed by atoms with Crippen molar-refractivity contribution >= 4 is 11.0 Å². The Morgan fingerprint density at radius 3 is 2.58 bits per heavy atom. The number of nitrogens with two attached hydrogens (primary N) is 2. The monoisotopic (exact) mass is 194 g/mol. The van der Waals surface area contributed by atoms with Crippen molar-refractivity contribution in [3.05, 3.63) is 0 Å². The van der Waals surface area contributed by atoms with Gasteiger partial charge in [0, 0.05) is 6.42 Å². The van der Waals surface area contributed by atoms with Gasteiger partial charge in [0.25, 0.3) is 11.0 Å². The Bertz CT molecular complexity index is 219. The van der Waals surface area contributed by atoms with Gasteiger partial charge in [-0.05, 0) is 19.3 Å². The van der Waals surface area contributed by atoms with Crippen LogP contribution in [0.2, 0.25) is 0 Å². The standard InChI is InChI=1S/C6H14N2O3S/c7-6(8)3-1-2-5(4-6)11-12(9)10/h5,12H,1-4,7-8H2. The Morgan fingerprint density at radius 2 is 2.08 bits per heavy atom. The summed E-state index contributed by atoms with van der Waals surface area (Å²) in [6.07, 6.45) is 2.36. The number of rotatable bonds is 2. The SMILES string of the molecule is NC1(N)CCCC(O[SH](=O)=O)C1. The quantitative estimate of drug-likeness (QED) is 0.390. The van der Waals surface area contributed by atoms with Gasteiger partial charge >= 0.3 is 0 Å². The van der Waals surface area contributed by atoms with Gasteiger partial charge in [0.1, 0.15) is 0 Å². The molecule has 0 spiro atoms. The van der Waals surface area contributed by atoms with Gasteiger partial charge in [-0.15, -0.1) is 0 Å². The van der Waals surface area contributed by atoms with Gasteiger partial charge in [0.05, 0.1) is 11.8 Å². The van der Waals surface area contributed by atoms with Crippen LogP contribution in [0.5, 0.6) is 0 Å². The summed E-state index contributed by atoms with van der Waals surface area (Å²) in [6.45, 7) is 0. The van der Waals surface area contributed by atoms with E-state index < -0.39 is 16.6 Å². The van der Waals surface area contributed by atoms with Gasteiger partial charge in [-0.1, -0.05) is 0 Å². The lowest BCUT2D eigenvalue weighted by Crippen LogP contribution is -2.54. The van der Waals surface area contributed by atoms with E-state index in [9.17, 15) is 8.42 Å². The van der Waals surface area contributed by atoms with Gasteiger partial charge in [-0.2, -0.15) is 0 Å². The summed E-state index contributed by atoms with van der Waals surface area (Å²) in [5.74, 6) is 0. The molecule has 0 heterocycles. The molecule has 0 aromatic rings. The van der Waals surface area contributed by atoms with E-state index in [2.05, 4.69) is 4.18 Å². The molecule has 1 saturated carbocycles. The number of hydrogen-bond acceptors (Lipinski definition) is 5. The van der Waals surface area contributed by atoms with Crippen molar-refractivity contribution < 1.29 is 12.6 Å². The maximum atomic E-state index is 10.2. The average Bonchev–Trinajstić information content (AvgIpc) is 1.82. The van der Waals surface area contributed by atoms with Crippen molar-refractivity contribution in [1.29, 1.82) is 0 Å². The molecule has 0 aliphatic heterocycles. The maximum Gasteiger partial charge on any atom is 0.257 e. The third-order valence-corrected chi connectivity index (χ3v) is 2.48. The summed E-state index contributed by atoms with van der Waals surface area (Å²) in [6, 6.07) is 0. The van der Waals surface area contributed by atoms with E-state index in [4.69, 9.17) is 11.5 Å². The maximum absolute atomic E-state index is 10.2. The summed E-state index contributed by atoms with van der Waals surface area (Å²) in [7, 11) is -2.78. The average molecular weight is 194 g/mol. The largest absolute Gasteiger partial charge is 0.313 e. The first-order valence-corrected chi connectivity index (χ1v) is 4.98. The zero-order valence-corrected chi connectivity index (χ0v) is 7.63. The normalized spacial score (nSPS) is 29.1. The van der Waals surface area contributed by atoms with Crippen LogP contribution < -0.4 is 11.5 Å². The van der Waals surface area contributed by atoms with Crippen LogP contribution in [0.1, 0.15) is 25.7 Å². The highest BCUT2D eigenvalue weighted by Gasteiger charge is 2.30. The molecule has 6 heteroatoms. The Balaban J connectivity index is 2.46. The minimum absolute atomic E-state index is 0.324. The van der Waals surface area contributed by atoms with Crippen LogP contribution in [-0.4, -0.2) is 20.2 Å². The summed E-state index contributed by atoms with van der Waals surface area (Å²) in [5, 5.41) is 0. The van der Waals surface area contributed by atoms with Crippen LogP contribution in [0.3, 0.4) is 0 Å². The summed E-state index contributed by atoms with van der Waals surface area (Å²) >= 11 is 0. The lowest BCUT2D eigenvalue weighted by molar-refractivity contribution is 0.121. The highest BCUT2D eigenvalue weighted by molar-refractivity contribution is 7.67. The van der Waals surface area contributed by atoms with Crippen LogP contribution in [0.25, 0.3) is 0 Å². The molecule has 4 N–H and O–H groups in total.